The van der Waals surface area contributed by atoms with Gasteiger partial charge in [0.05, 0.1) is 16.8 Å². The van der Waals surface area contributed by atoms with Gasteiger partial charge < -0.3 is 10.3 Å². The van der Waals surface area contributed by atoms with E-state index in [9.17, 15) is 26.7 Å². The summed E-state index contributed by atoms with van der Waals surface area (Å²) >= 11 is 0. The van der Waals surface area contributed by atoms with Crippen LogP contribution in [0.2, 0.25) is 0 Å². The molecule has 0 aliphatic heterocycles. The number of nitrogens with one attached hydrogen (secondary N) is 2. The van der Waals surface area contributed by atoms with Crippen molar-refractivity contribution in [1.82, 2.24) is 14.8 Å². The van der Waals surface area contributed by atoms with Crippen molar-refractivity contribution in [1.29, 1.82) is 0 Å². The van der Waals surface area contributed by atoms with Crippen molar-refractivity contribution in [3.05, 3.63) is 82.8 Å². The van der Waals surface area contributed by atoms with Gasteiger partial charge in [0.1, 0.15) is 0 Å². The number of nitrogens with zero attached hydrogens (tertiary/aromatic N) is 2. The molecule has 0 saturated heterocycles. The highest BCUT2D eigenvalue weighted by atomic mass is 19.4. The maximum atomic E-state index is 13.5. The van der Waals surface area contributed by atoms with Gasteiger partial charge in [-0.3, -0.25) is 9.48 Å². The largest absolute Gasteiger partial charge is 0.416 e. The van der Waals surface area contributed by atoms with Gasteiger partial charge in [-0.05, 0) is 29.8 Å². The molecule has 2 aromatic heterocycles. The molecule has 160 valence electrons. The number of benzene rings is 2. The standard InChI is InChI=1S/C21H15F5N4O/c1-30-13(6-11-2-4-12(5-3-11)21(24,25)26)7-18(29-30)20(31)28-19-10-27-17-9-16(23)15(22)8-14(17)19/h2-5,7-10,27H,6H2,1H3,(H,28,31). The number of fused-ring (bicyclic) bond motifs is 1. The lowest BCUT2D eigenvalue weighted by molar-refractivity contribution is -0.137. The van der Waals surface area contributed by atoms with Crippen LogP contribution in [0.5, 0.6) is 0 Å². The molecule has 0 atom stereocenters. The number of aromatic nitrogens is 3. The first-order valence-electron chi connectivity index (χ1n) is 9.08. The minimum atomic E-state index is -4.41. The lowest BCUT2D eigenvalue weighted by Crippen LogP contribution is -2.12. The molecular formula is C21H15F5N4O. The summed E-state index contributed by atoms with van der Waals surface area (Å²) < 4.78 is 66.4. The Hall–Kier alpha value is -3.69. The van der Waals surface area contributed by atoms with Gasteiger partial charge in [0.25, 0.3) is 5.91 Å². The second-order valence-corrected chi connectivity index (χ2v) is 6.98. The second kappa shape index (κ2) is 7.53. The number of carbonyl (C=O) groups is 1. The molecule has 2 aromatic carbocycles. The monoisotopic (exact) mass is 434 g/mol. The molecule has 4 aromatic rings. The van der Waals surface area contributed by atoms with Crippen molar-refractivity contribution >= 4 is 22.5 Å². The number of amides is 1. The highest BCUT2D eigenvalue weighted by Crippen LogP contribution is 2.29. The number of hydrogen-bond acceptors (Lipinski definition) is 2. The Morgan fingerprint density at radius 2 is 1.77 bits per heavy atom. The predicted octanol–water partition coefficient (Wildman–Crippen LogP) is 5.04. The first-order valence-corrected chi connectivity index (χ1v) is 9.08. The maximum absolute atomic E-state index is 13.5. The normalized spacial score (nSPS) is 11.8. The van der Waals surface area contributed by atoms with Gasteiger partial charge in [0.15, 0.2) is 17.3 Å². The van der Waals surface area contributed by atoms with Crippen molar-refractivity contribution in [2.75, 3.05) is 5.32 Å². The van der Waals surface area contributed by atoms with Crippen LogP contribution in [0.1, 0.15) is 27.3 Å². The Kier molecular flexibility index (Phi) is 5.00. The number of alkyl halides is 3. The molecule has 4 rings (SSSR count). The summed E-state index contributed by atoms with van der Waals surface area (Å²) in [7, 11) is 1.61. The number of aromatic amines is 1. The third kappa shape index (κ3) is 4.14. The molecule has 0 unspecified atom stereocenters. The van der Waals surface area contributed by atoms with Crippen LogP contribution < -0.4 is 5.32 Å². The van der Waals surface area contributed by atoms with Gasteiger partial charge >= 0.3 is 6.18 Å². The second-order valence-electron chi connectivity index (χ2n) is 6.98. The topological polar surface area (TPSA) is 62.7 Å². The predicted molar refractivity (Wildman–Crippen MR) is 104 cm³/mol. The molecule has 31 heavy (non-hydrogen) atoms. The zero-order valence-corrected chi connectivity index (χ0v) is 16.0. The van der Waals surface area contributed by atoms with Crippen LogP contribution in [-0.4, -0.2) is 20.7 Å². The van der Waals surface area contributed by atoms with Gasteiger partial charge in [-0.2, -0.15) is 18.3 Å². The molecule has 0 spiro atoms. The Morgan fingerprint density at radius 3 is 2.45 bits per heavy atom. The van der Waals surface area contributed by atoms with E-state index in [1.54, 1.807) is 7.05 Å². The summed E-state index contributed by atoms with van der Waals surface area (Å²) in [5, 5.41) is 7.03. The van der Waals surface area contributed by atoms with Crippen molar-refractivity contribution in [2.45, 2.75) is 12.6 Å². The van der Waals surface area contributed by atoms with E-state index in [4.69, 9.17) is 0 Å². The third-order valence-electron chi connectivity index (χ3n) is 4.85. The minimum Gasteiger partial charge on any atom is -0.359 e. The minimum absolute atomic E-state index is 0.0707. The zero-order chi connectivity index (χ0) is 22.3. The van der Waals surface area contributed by atoms with E-state index < -0.39 is 29.3 Å². The summed E-state index contributed by atoms with van der Waals surface area (Å²) in [4.78, 5) is 15.3. The van der Waals surface area contributed by atoms with Crippen molar-refractivity contribution in [2.24, 2.45) is 7.05 Å². The van der Waals surface area contributed by atoms with E-state index in [0.717, 1.165) is 24.3 Å². The Labute approximate surface area is 172 Å². The summed E-state index contributed by atoms with van der Waals surface area (Å²) in [5.41, 5.74) is 1.14. The van der Waals surface area contributed by atoms with Crippen LogP contribution in [0.3, 0.4) is 0 Å². The number of halogens is 5. The van der Waals surface area contributed by atoms with E-state index >= 15 is 0 Å². The Balaban J connectivity index is 1.52. The van der Waals surface area contributed by atoms with Crippen molar-refractivity contribution in [3.63, 3.8) is 0 Å². The SMILES string of the molecule is Cn1nc(C(=O)Nc2c[nH]c3cc(F)c(F)cc23)cc1Cc1ccc(C(F)(F)F)cc1. The molecule has 2 N–H and O–H groups in total. The Bertz CT molecular complexity index is 1270. The summed E-state index contributed by atoms with van der Waals surface area (Å²) in [6, 6.07) is 8.22. The smallest absolute Gasteiger partial charge is 0.359 e. The molecule has 0 aliphatic carbocycles. The van der Waals surface area contributed by atoms with Crippen LogP contribution in [0.4, 0.5) is 27.6 Å². The number of H-pyrrole nitrogens is 1. The summed E-state index contributed by atoms with van der Waals surface area (Å²) in [6.45, 7) is 0. The first kappa shape index (κ1) is 20.6. The van der Waals surface area contributed by atoms with E-state index in [1.807, 2.05) is 0 Å². The fourth-order valence-corrected chi connectivity index (χ4v) is 3.21. The highest BCUT2D eigenvalue weighted by Gasteiger charge is 2.30. The van der Waals surface area contributed by atoms with Gasteiger partial charge in [0, 0.05) is 36.8 Å². The van der Waals surface area contributed by atoms with Crippen molar-refractivity contribution in [3.8, 4) is 0 Å². The number of aryl methyl sites for hydroxylation is 1. The molecule has 0 saturated carbocycles. The average Bonchev–Trinajstić information content (AvgIpc) is 3.26. The van der Waals surface area contributed by atoms with E-state index in [-0.39, 0.29) is 17.8 Å². The summed E-state index contributed by atoms with van der Waals surface area (Å²) in [5.74, 6) is -2.62. The van der Waals surface area contributed by atoms with Crippen LogP contribution in [0, 0.1) is 11.6 Å². The fourth-order valence-electron chi connectivity index (χ4n) is 3.21. The third-order valence-corrected chi connectivity index (χ3v) is 4.85. The lowest BCUT2D eigenvalue weighted by Gasteiger charge is -2.07. The van der Waals surface area contributed by atoms with Gasteiger partial charge in [-0.15, -0.1) is 0 Å². The number of anilines is 1. The fraction of sp³-hybridized carbons (Fsp3) is 0.143. The molecule has 2 heterocycles. The molecule has 0 radical (unpaired) electrons. The van der Waals surface area contributed by atoms with Crippen molar-refractivity contribution < 1.29 is 26.7 Å². The average molecular weight is 434 g/mol. The molecular weight excluding hydrogens is 419 g/mol. The van der Waals surface area contributed by atoms with Crippen LogP contribution in [0.15, 0.2) is 48.7 Å². The highest BCUT2D eigenvalue weighted by molar-refractivity contribution is 6.08. The molecule has 1 amide bonds. The van der Waals surface area contributed by atoms with Gasteiger partial charge in [-0.25, -0.2) is 8.78 Å². The van der Waals surface area contributed by atoms with E-state index in [2.05, 4.69) is 15.4 Å². The Morgan fingerprint density at radius 1 is 1.10 bits per heavy atom. The van der Waals surface area contributed by atoms with E-state index in [1.165, 1.54) is 29.1 Å². The molecule has 0 fully saturated rings. The van der Waals surface area contributed by atoms with Crippen LogP contribution in [0.25, 0.3) is 10.9 Å². The maximum Gasteiger partial charge on any atom is 0.416 e. The van der Waals surface area contributed by atoms with Gasteiger partial charge in [-0.1, -0.05) is 12.1 Å². The van der Waals surface area contributed by atoms with Crippen LogP contribution >= 0.6 is 0 Å². The molecule has 10 heteroatoms. The first-order chi connectivity index (χ1) is 14.6. The van der Waals surface area contributed by atoms with Crippen LogP contribution in [-0.2, 0) is 19.6 Å². The zero-order valence-electron chi connectivity index (χ0n) is 16.0. The number of hydrogen-bond donors (Lipinski definition) is 2. The lowest BCUT2D eigenvalue weighted by atomic mass is 10.1. The number of carbonyl (C=O) groups excluding carboxylic acids is 1. The molecule has 0 aliphatic rings. The number of rotatable bonds is 4. The molecule has 0 bridgehead atoms. The van der Waals surface area contributed by atoms with Gasteiger partial charge in [0.2, 0.25) is 0 Å². The van der Waals surface area contributed by atoms with E-state index in [0.29, 0.717) is 22.2 Å². The summed E-state index contributed by atoms with van der Waals surface area (Å²) in [6.07, 6.45) is -2.73. The quantitative estimate of drug-likeness (QED) is 0.442. The molecule has 5 nitrogen and oxygen atoms in total.